The van der Waals surface area contributed by atoms with Gasteiger partial charge in [0.25, 0.3) is 0 Å². The Morgan fingerprint density at radius 1 is 1.64 bits per heavy atom. The van der Waals surface area contributed by atoms with E-state index in [-0.39, 0.29) is 0 Å². The Bertz CT molecular complexity index is 318. The van der Waals surface area contributed by atoms with E-state index in [0.29, 0.717) is 12.1 Å². The molecule has 1 aromatic heterocycles. The monoisotopic (exact) mass is 194 g/mol. The zero-order chi connectivity index (χ0) is 10.1. The maximum Gasteiger partial charge on any atom is 0.0860 e. The van der Waals surface area contributed by atoms with Gasteiger partial charge in [-0.2, -0.15) is 0 Å². The molecular weight excluding hydrogens is 176 g/mol. The second-order valence-electron chi connectivity index (χ2n) is 4.19. The molecule has 4 heteroatoms. The van der Waals surface area contributed by atoms with E-state index in [1.165, 1.54) is 5.69 Å². The fraction of sp³-hybridized carbons (Fsp3) is 0.800. The highest BCUT2D eigenvalue weighted by Crippen LogP contribution is 2.21. The Morgan fingerprint density at radius 3 is 3.14 bits per heavy atom. The predicted octanol–water partition coefficient (Wildman–Crippen LogP) is 1.07. The van der Waals surface area contributed by atoms with Gasteiger partial charge >= 0.3 is 0 Å². The van der Waals surface area contributed by atoms with Crippen molar-refractivity contribution in [2.45, 2.75) is 51.6 Å². The summed E-state index contributed by atoms with van der Waals surface area (Å²) in [4.78, 5) is 0. The number of nitrogens with zero attached hydrogens (tertiary/aromatic N) is 3. The molecule has 1 aliphatic rings. The largest absolute Gasteiger partial charge is 0.327 e. The summed E-state index contributed by atoms with van der Waals surface area (Å²) in [6.07, 6.45) is 4.07. The van der Waals surface area contributed by atoms with Gasteiger partial charge < -0.3 is 5.73 Å². The fourth-order valence-electron chi connectivity index (χ4n) is 1.95. The van der Waals surface area contributed by atoms with Gasteiger partial charge in [-0.25, -0.2) is 4.68 Å². The van der Waals surface area contributed by atoms with Crippen molar-refractivity contribution >= 4 is 0 Å². The molecule has 0 aromatic carbocycles. The van der Waals surface area contributed by atoms with E-state index in [0.717, 1.165) is 31.4 Å². The summed E-state index contributed by atoms with van der Waals surface area (Å²) in [6.45, 7) is 4.34. The van der Waals surface area contributed by atoms with E-state index in [9.17, 15) is 0 Å². The molecule has 0 unspecified atom stereocenters. The lowest BCUT2D eigenvalue weighted by Gasteiger charge is -2.20. The van der Waals surface area contributed by atoms with Crippen molar-refractivity contribution in [1.82, 2.24) is 15.0 Å². The zero-order valence-corrected chi connectivity index (χ0v) is 8.90. The maximum atomic E-state index is 5.95. The summed E-state index contributed by atoms with van der Waals surface area (Å²) in [5, 5.41) is 8.43. The lowest BCUT2D eigenvalue weighted by molar-refractivity contribution is 0.435. The van der Waals surface area contributed by atoms with Gasteiger partial charge in [-0.05, 0) is 26.2 Å². The second-order valence-corrected chi connectivity index (χ2v) is 4.19. The van der Waals surface area contributed by atoms with Gasteiger partial charge in [0.1, 0.15) is 0 Å². The highest BCUT2D eigenvalue weighted by molar-refractivity contribution is 5.16. The molecule has 2 N–H and O–H groups in total. The minimum absolute atomic E-state index is 0.295. The van der Waals surface area contributed by atoms with Crippen molar-refractivity contribution in [3.05, 3.63) is 11.4 Å². The van der Waals surface area contributed by atoms with Crippen LogP contribution in [0.2, 0.25) is 0 Å². The molecule has 1 aliphatic carbocycles. The molecule has 0 saturated carbocycles. The average Bonchev–Trinajstić information content (AvgIpc) is 2.59. The number of aryl methyl sites for hydroxylation is 1. The molecule has 4 nitrogen and oxygen atoms in total. The number of nitrogens with two attached hydrogens (primary N) is 1. The fourth-order valence-corrected chi connectivity index (χ4v) is 1.95. The molecular formula is C10H18N4. The zero-order valence-electron chi connectivity index (χ0n) is 8.90. The Hall–Kier alpha value is -0.900. The smallest absolute Gasteiger partial charge is 0.0860 e. The van der Waals surface area contributed by atoms with Crippen LogP contribution < -0.4 is 5.73 Å². The number of hydrogen-bond donors (Lipinski definition) is 1. The first-order valence-corrected chi connectivity index (χ1v) is 5.41. The maximum absolute atomic E-state index is 5.95. The van der Waals surface area contributed by atoms with Crippen molar-refractivity contribution in [3.8, 4) is 0 Å². The van der Waals surface area contributed by atoms with Gasteiger partial charge in [-0.3, -0.25) is 0 Å². The Kier molecular flexibility index (Phi) is 2.54. The molecule has 0 radical (unpaired) electrons. The normalized spacial score (nSPS) is 23.2. The van der Waals surface area contributed by atoms with Gasteiger partial charge in [0, 0.05) is 12.5 Å². The number of aromatic nitrogens is 3. The Morgan fingerprint density at radius 2 is 2.43 bits per heavy atom. The first kappa shape index (κ1) is 9.65. The highest BCUT2D eigenvalue weighted by atomic mass is 15.4. The minimum atomic E-state index is 0.295. The Labute approximate surface area is 84.5 Å². The van der Waals surface area contributed by atoms with Gasteiger partial charge in [0.05, 0.1) is 17.4 Å². The van der Waals surface area contributed by atoms with E-state index in [2.05, 4.69) is 24.2 Å². The van der Waals surface area contributed by atoms with Crippen LogP contribution >= 0.6 is 0 Å². The first-order valence-electron chi connectivity index (χ1n) is 5.41. The van der Waals surface area contributed by atoms with E-state index in [4.69, 9.17) is 5.73 Å². The molecule has 1 aromatic rings. The molecule has 1 heterocycles. The summed E-state index contributed by atoms with van der Waals surface area (Å²) in [5.41, 5.74) is 8.37. The third-order valence-electron chi connectivity index (χ3n) is 3.09. The molecule has 14 heavy (non-hydrogen) atoms. The average molecular weight is 194 g/mol. The number of rotatable bonds is 2. The Balaban J connectivity index is 2.30. The molecule has 78 valence electrons. The van der Waals surface area contributed by atoms with E-state index in [1.54, 1.807) is 0 Å². The van der Waals surface area contributed by atoms with E-state index >= 15 is 0 Å². The van der Waals surface area contributed by atoms with Crippen LogP contribution in [0.4, 0.5) is 0 Å². The molecule has 2 atom stereocenters. The molecule has 0 fully saturated rings. The van der Waals surface area contributed by atoms with Gasteiger partial charge in [-0.1, -0.05) is 12.1 Å². The van der Waals surface area contributed by atoms with Crippen LogP contribution in [0.25, 0.3) is 0 Å². The second kappa shape index (κ2) is 3.69. The summed E-state index contributed by atoms with van der Waals surface area (Å²) < 4.78 is 2.05. The molecule has 0 bridgehead atoms. The number of hydrogen-bond acceptors (Lipinski definition) is 3. The van der Waals surface area contributed by atoms with Crippen LogP contribution in [-0.4, -0.2) is 21.0 Å². The van der Waals surface area contributed by atoms with Crippen LogP contribution in [0.1, 0.15) is 44.1 Å². The van der Waals surface area contributed by atoms with Crippen LogP contribution in [-0.2, 0) is 12.8 Å². The van der Waals surface area contributed by atoms with Crippen molar-refractivity contribution in [1.29, 1.82) is 0 Å². The summed E-state index contributed by atoms with van der Waals surface area (Å²) in [5.74, 6) is 0. The van der Waals surface area contributed by atoms with Crippen LogP contribution in [0, 0.1) is 0 Å². The van der Waals surface area contributed by atoms with Crippen molar-refractivity contribution < 1.29 is 0 Å². The van der Waals surface area contributed by atoms with Crippen LogP contribution in [0.5, 0.6) is 0 Å². The summed E-state index contributed by atoms with van der Waals surface area (Å²) >= 11 is 0. The van der Waals surface area contributed by atoms with E-state index < -0.39 is 0 Å². The quantitative estimate of drug-likeness (QED) is 0.766. The van der Waals surface area contributed by atoms with Crippen molar-refractivity contribution in [2.75, 3.05) is 0 Å². The number of fused-ring (bicyclic) bond motifs is 1. The standard InChI is InChI=1S/C10H18N4/c1-3-7(2)14-10-6-8(11)4-5-9(10)12-13-14/h7-8H,3-6,11H2,1-2H3/t7-,8-/m0/s1. The lowest BCUT2D eigenvalue weighted by Crippen LogP contribution is -2.29. The van der Waals surface area contributed by atoms with Gasteiger partial charge in [0.2, 0.25) is 0 Å². The predicted molar refractivity (Wildman–Crippen MR) is 55.0 cm³/mol. The SMILES string of the molecule is CC[C@H](C)n1nnc2c1C[C@@H](N)CC2. The molecule has 0 spiro atoms. The third kappa shape index (κ3) is 1.54. The third-order valence-corrected chi connectivity index (χ3v) is 3.09. The molecule has 0 saturated heterocycles. The topological polar surface area (TPSA) is 56.7 Å². The highest BCUT2D eigenvalue weighted by Gasteiger charge is 2.22. The van der Waals surface area contributed by atoms with Crippen molar-refractivity contribution in [3.63, 3.8) is 0 Å². The first-order chi connectivity index (χ1) is 6.72. The van der Waals surface area contributed by atoms with Gasteiger partial charge in [0.15, 0.2) is 0 Å². The molecule has 0 amide bonds. The summed E-state index contributed by atoms with van der Waals surface area (Å²) in [6, 6.07) is 0.736. The lowest BCUT2D eigenvalue weighted by atomic mass is 9.96. The van der Waals surface area contributed by atoms with Gasteiger partial charge in [-0.15, -0.1) is 5.10 Å². The molecule has 0 aliphatic heterocycles. The van der Waals surface area contributed by atoms with Crippen LogP contribution in [0.3, 0.4) is 0 Å². The summed E-state index contributed by atoms with van der Waals surface area (Å²) in [7, 11) is 0. The van der Waals surface area contributed by atoms with Crippen LogP contribution in [0.15, 0.2) is 0 Å². The van der Waals surface area contributed by atoms with E-state index in [1.807, 2.05) is 4.68 Å². The minimum Gasteiger partial charge on any atom is -0.327 e. The van der Waals surface area contributed by atoms with Crippen molar-refractivity contribution in [2.24, 2.45) is 5.73 Å². The molecule has 2 rings (SSSR count).